The number of sulfonamides is 1. The van der Waals surface area contributed by atoms with Gasteiger partial charge in [0.15, 0.2) is 0 Å². The van der Waals surface area contributed by atoms with Crippen molar-refractivity contribution in [2.45, 2.75) is 62.6 Å². The lowest BCUT2D eigenvalue weighted by Crippen LogP contribution is -2.42. The molecule has 4 nitrogen and oxygen atoms in total. The summed E-state index contributed by atoms with van der Waals surface area (Å²) in [5.74, 6) is 0. The van der Waals surface area contributed by atoms with Gasteiger partial charge in [-0.05, 0) is 45.6 Å². The molecule has 0 spiro atoms. The summed E-state index contributed by atoms with van der Waals surface area (Å²) >= 11 is 1.54. The molecule has 1 N–H and O–H groups in total. The van der Waals surface area contributed by atoms with Crippen molar-refractivity contribution in [1.82, 2.24) is 9.62 Å². The number of thiophene rings is 1. The Morgan fingerprint density at radius 2 is 2.20 bits per heavy atom. The van der Waals surface area contributed by atoms with Crippen LogP contribution in [0.5, 0.6) is 0 Å². The van der Waals surface area contributed by atoms with Gasteiger partial charge in [-0.25, -0.2) is 8.42 Å². The number of nitrogens with one attached hydrogen (secondary N) is 1. The molecular formula is C14H22N2O2S2. The molecule has 1 aliphatic heterocycles. The minimum Gasteiger partial charge on any atom is -0.309 e. The van der Waals surface area contributed by atoms with Gasteiger partial charge in [-0.2, -0.15) is 4.31 Å². The van der Waals surface area contributed by atoms with E-state index in [1.54, 1.807) is 9.69 Å². The van der Waals surface area contributed by atoms with E-state index in [1.165, 1.54) is 24.2 Å². The van der Waals surface area contributed by atoms with E-state index in [2.05, 4.69) is 5.32 Å². The maximum absolute atomic E-state index is 12.7. The van der Waals surface area contributed by atoms with Gasteiger partial charge < -0.3 is 5.32 Å². The Morgan fingerprint density at radius 3 is 2.80 bits per heavy atom. The SMILES string of the molecule is CC1(C)CCCN1S(=O)(=O)c1csc(CNC2CC2)c1. The summed E-state index contributed by atoms with van der Waals surface area (Å²) in [6.45, 7) is 5.45. The second kappa shape index (κ2) is 5.09. The van der Waals surface area contributed by atoms with Crippen LogP contribution < -0.4 is 5.32 Å². The zero-order chi connectivity index (χ0) is 14.4. The van der Waals surface area contributed by atoms with Crippen molar-refractivity contribution in [2.75, 3.05) is 6.54 Å². The first-order valence-electron chi connectivity index (χ1n) is 7.23. The molecule has 0 bridgehead atoms. The Hall–Kier alpha value is -0.430. The fourth-order valence-electron chi connectivity index (χ4n) is 2.78. The lowest BCUT2D eigenvalue weighted by molar-refractivity contribution is 0.292. The highest BCUT2D eigenvalue weighted by molar-refractivity contribution is 7.89. The maximum atomic E-state index is 12.7. The summed E-state index contributed by atoms with van der Waals surface area (Å²) in [5, 5.41) is 5.21. The summed E-state index contributed by atoms with van der Waals surface area (Å²) in [6.07, 6.45) is 4.38. The van der Waals surface area contributed by atoms with Crippen LogP contribution in [0.4, 0.5) is 0 Å². The highest BCUT2D eigenvalue weighted by Gasteiger charge is 2.41. The molecule has 1 aliphatic carbocycles. The monoisotopic (exact) mass is 314 g/mol. The number of nitrogens with zero attached hydrogens (tertiary/aromatic N) is 1. The third-order valence-electron chi connectivity index (χ3n) is 4.18. The molecule has 0 atom stereocenters. The normalized spacial score (nSPS) is 23.3. The van der Waals surface area contributed by atoms with E-state index in [0.29, 0.717) is 17.5 Å². The molecule has 0 unspecified atom stereocenters. The lowest BCUT2D eigenvalue weighted by atomic mass is 10.0. The molecule has 1 aromatic rings. The van der Waals surface area contributed by atoms with E-state index < -0.39 is 10.0 Å². The van der Waals surface area contributed by atoms with Crippen molar-refractivity contribution in [3.63, 3.8) is 0 Å². The van der Waals surface area contributed by atoms with Crippen LogP contribution in [0.1, 0.15) is 44.4 Å². The Balaban J connectivity index is 1.76. The quantitative estimate of drug-likeness (QED) is 0.909. The number of hydrogen-bond donors (Lipinski definition) is 1. The van der Waals surface area contributed by atoms with E-state index in [0.717, 1.165) is 24.3 Å². The van der Waals surface area contributed by atoms with Gasteiger partial charge in [0.2, 0.25) is 10.0 Å². The van der Waals surface area contributed by atoms with Gasteiger partial charge in [-0.15, -0.1) is 11.3 Å². The van der Waals surface area contributed by atoms with Crippen LogP contribution in [0.15, 0.2) is 16.3 Å². The van der Waals surface area contributed by atoms with Crippen LogP contribution in [0.25, 0.3) is 0 Å². The first-order chi connectivity index (χ1) is 9.39. The van der Waals surface area contributed by atoms with Crippen LogP contribution in [-0.2, 0) is 16.6 Å². The molecule has 0 amide bonds. The Bertz CT molecular complexity index is 588. The molecule has 1 saturated carbocycles. The summed E-state index contributed by atoms with van der Waals surface area (Å²) in [6, 6.07) is 2.48. The molecule has 0 aromatic carbocycles. The molecule has 2 fully saturated rings. The van der Waals surface area contributed by atoms with Crippen LogP contribution >= 0.6 is 11.3 Å². The molecule has 2 heterocycles. The fraction of sp³-hybridized carbons (Fsp3) is 0.714. The summed E-state index contributed by atoms with van der Waals surface area (Å²) in [4.78, 5) is 1.57. The van der Waals surface area contributed by atoms with Crippen LogP contribution in [-0.4, -0.2) is 30.8 Å². The van der Waals surface area contributed by atoms with Crippen molar-refractivity contribution in [1.29, 1.82) is 0 Å². The molecular weight excluding hydrogens is 292 g/mol. The Kier molecular flexibility index (Phi) is 3.69. The van der Waals surface area contributed by atoms with Crippen molar-refractivity contribution >= 4 is 21.4 Å². The van der Waals surface area contributed by atoms with Crippen LogP contribution in [0.3, 0.4) is 0 Å². The second-order valence-corrected chi connectivity index (χ2v) is 9.26. The smallest absolute Gasteiger partial charge is 0.244 e. The predicted molar refractivity (Wildman–Crippen MR) is 81.4 cm³/mol. The molecule has 2 aliphatic rings. The first kappa shape index (κ1) is 14.5. The van der Waals surface area contributed by atoms with E-state index in [-0.39, 0.29) is 5.54 Å². The molecule has 6 heteroatoms. The van der Waals surface area contributed by atoms with Gasteiger partial charge in [0.1, 0.15) is 0 Å². The van der Waals surface area contributed by atoms with E-state index in [9.17, 15) is 8.42 Å². The summed E-state index contributed by atoms with van der Waals surface area (Å²) in [5.41, 5.74) is -0.257. The van der Waals surface area contributed by atoms with Gasteiger partial charge in [-0.3, -0.25) is 0 Å². The largest absolute Gasteiger partial charge is 0.309 e. The number of hydrogen-bond acceptors (Lipinski definition) is 4. The molecule has 1 aromatic heterocycles. The molecule has 112 valence electrons. The van der Waals surface area contributed by atoms with Crippen molar-refractivity contribution in [2.24, 2.45) is 0 Å². The Labute approximate surface area is 125 Å². The molecule has 20 heavy (non-hydrogen) atoms. The third-order valence-corrected chi connectivity index (χ3v) is 7.36. The van der Waals surface area contributed by atoms with Crippen molar-refractivity contribution in [3.8, 4) is 0 Å². The highest BCUT2D eigenvalue weighted by atomic mass is 32.2. The van der Waals surface area contributed by atoms with Gasteiger partial charge >= 0.3 is 0 Å². The van der Waals surface area contributed by atoms with Gasteiger partial charge in [-0.1, -0.05) is 0 Å². The average Bonchev–Trinajstić information content (AvgIpc) is 2.93. The minimum absolute atomic E-state index is 0.257. The lowest BCUT2D eigenvalue weighted by Gasteiger charge is -2.30. The van der Waals surface area contributed by atoms with Crippen molar-refractivity contribution < 1.29 is 8.42 Å². The van der Waals surface area contributed by atoms with E-state index in [1.807, 2.05) is 19.9 Å². The molecule has 3 rings (SSSR count). The van der Waals surface area contributed by atoms with E-state index in [4.69, 9.17) is 0 Å². The second-order valence-electron chi connectivity index (χ2n) is 6.40. The molecule has 0 radical (unpaired) electrons. The third kappa shape index (κ3) is 2.79. The van der Waals surface area contributed by atoms with Crippen LogP contribution in [0, 0.1) is 0 Å². The first-order valence-corrected chi connectivity index (χ1v) is 9.55. The van der Waals surface area contributed by atoms with Gasteiger partial charge in [0.25, 0.3) is 0 Å². The van der Waals surface area contributed by atoms with Gasteiger partial charge in [0.05, 0.1) is 4.90 Å². The Morgan fingerprint density at radius 1 is 1.45 bits per heavy atom. The zero-order valence-electron chi connectivity index (χ0n) is 12.1. The predicted octanol–water partition coefficient (Wildman–Crippen LogP) is 2.56. The summed E-state index contributed by atoms with van der Waals surface area (Å²) < 4.78 is 27.1. The van der Waals surface area contributed by atoms with Crippen molar-refractivity contribution in [3.05, 3.63) is 16.3 Å². The number of rotatable bonds is 5. The minimum atomic E-state index is -3.33. The fourth-order valence-corrected chi connectivity index (χ4v) is 5.84. The topological polar surface area (TPSA) is 49.4 Å². The zero-order valence-corrected chi connectivity index (χ0v) is 13.7. The van der Waals surface area contributed by atoms with Gasteiger partial charge in [0, 0.05) is 34.9 Å². The van der Waals surface area contributed by atoms with Crippen LogP contribution in [0.2, 0.25) is 0 Å². The van der Waals surface area contributed by atoms with E-state index >= 15 is 0 Å². The highest BCUT2D eigenvalue weighted by Crippen LogP contribution is 2.35. The summed E-state index contributed by atoms with van der Waals surface area (Å²) in [7, 11) is -3.33. The average molecular weight is 314 g/mol. The molecule has 1 saturated heterocycles. The maximum Gasteiger partial charge on any atom is 0.244 e. The standard InChI is InChI=1S/C14H22N2O2S2/c1-14(2)6-3-7-16(14)20(17,18)13-8-12(19-10-13)9-15-11-4-5-11/h8,10-11,15H,3-7,9H2,1-2H3.